The number of aromatic nitrogens is 2. The molecule has 0 amide bonds. The molecular weight excluding hydrogens is 541 g/mol. The standard InChI is InChI=1S/C21H19BrCl2N2O3.HNO3/c22-16-3-1-15(2-4-16)10-27-11-18-12-28-21(29-18,13-26-8-7-25-14-26)19-6-5-17(23)9-20(19)24;2-1(3)4/h1-9,14,18H,10-13H2;(H,2,3,4). The Hall–Kier alpha value is -2.21. The summed E-state index contributed by atoms with van der Waals surface area (Å²) in [4.78, 5) is 12.5. The number of imidazole rings is 1. The second kappa shape index (κ2) is 11.8. The van der Waals surface area contributed by atoms with Crippen molar-refractivity contribution < 1.29 is 24.5 Å². The normalized spacial score (nSPS) is 19.7. The molecule has 4 rings (SSSR count). The van der Waals surface area contributed by atoms with E-state index in [0.717, 1.165) is 15.6 Å². The Kier molecular flexibility index (Phi) is 9.07. The molecule has 1 aliphatic heterocycles. The van der Waals surface area contributed by atoms with E-state index >= 15 is 0 Å². The predicted octanol–water partition coefficient (Wildman–Crippen LogP) is 5.09. The van der Waals surface area contributed by atoms with Crippen LogP contribution in [0.3, 0.4) is 0 Å². The summed E-state index contributed by atoms with van der Waals surface area (Å²) in [5.41, 5.74) is 1.82. The SMILES string of the molecule is Clc1ccc(C2(Cn3ccnc3)OCC(COCc3ccc(Br)cc3)O2)c(Cl)c1.O=[N+]([O-])O. The van der Waals surface area contributed by atoms with Crippen molar-refractivity contribution in [2.24, 2.45) is 0 Å². The van der Waals surface area contributed by atoms with Crippen LogP contribution in [0.1, 0.15) is 11.1 Å². The highest BCUT2D eigenvalue weighted by Crippen LogP contribution is 2.40. The molecule has 0 aliphatic carbocycles. The van der Waals surface area contributed by atoms with Crippen LogP contribution in [0, 0.1) is 10.1 Å². The van der Waals surface area contributed by atoms with Crippen LogP contribution in [0.25, 0.3) is 0 Å². The molecule has 2 heterocycles. The van der Waals surface area contributed by atoms with Crippen LogP contribution in [-0.2, 0) is 33.1 Å². The molecule has 1 fully saturated rings. The Morgan fingerprint density at radius 1 is 1.30 bits per heavy atom. The fourth-order valence-corrected chi connectivity index (χ4v) is 4.08. The Balaban J connectivity index is 0.000000709. The quantitative estimate of drug-likeness (QED) is 0.316. The lowest BCUT2D eigenvalue weighted by molar-refractivity contribution is -0.742. The monoisotopic (exact) mass is 559 g/mol. The molecule has 33 heavy (non-hydrogen) atoms. The summed E-state index contributed by atoms with van der Waals surface area (Å²) >= 11 is 16.0. The molecule has 0 spiro atoms. The third kappa shape index (κ3) is 7.39. The number of hydrogen-bond acceptors (Lipinski definition) is 6. The minimum absolute atomic E-state index is 0.222. The van der Waals surface area contributed by atoms with Crippen molar-refractivity contribution in [3.8, 4) is 0 Å². The maximum Gasteiger partial charge on any atom is 0.291 e. The Bertz CT molecular complexity index is 1050. The molecule has 3 aromatic rings. The number of benzene rings is 2. The van der Waals surface area contributed by atoms with Gasteiger partial charge >= 0.3 is 0 Å². The predicted molar refractivity (Wildman–Crippen MR) is 124 cm³/mol. The van der Waals surface area contributed by atoms with Gasteiger partial charge in [-0.2, -0.15) is 0 Å². The summed E-state index contributed by atoms with van der Waals surface area (Å²) < 4.78 is 21.3. The first-order valence-electron chi connectivity index (χ1n) is 9.66. The van der Waals surface area contributed by atoms with E-state index in [1.807, 2.05) is 41.1 Å². The van der Waals surface area contributed by atoms with E-state index in [2.05, 4.69) is 20.9 Å². The van der Waals surface area contributed by atoms with E-state index < -0.39 is 10.9 Å². The smallest absolute Gasteiger partial charge is 0.291 e. The van der Waals surface area contributed by atoms with Gasteiger partial charge in [-0.05, 0) is 29.8 Å². The van der Waals surface area contributed by atoms with Crippen molar-refractivity contribution >= 4 is 39.1 Å². The fourth-order valence-electron chi connectivity index (χ4n) is 3.26. The average Bonchev–Trinajstić information content (AvgIpc) is 3.40. The van der Waals surface area contributed by atoms with E-state index in [1.54, 1.807) is 24.7 Å². The molecule has 12 heteroatoms. The number of hydrogen-bond donors (Lipinski definition) is 1. The first-order valence-corrected chi connectivity index (χ1v) is 11.2. The molecule has 176 valence electrons. The zero-order valence-corrected chi connectivity index (χ0v) is 20.2. The summed E-state index contributed by atoms with van der Waals surface area (Å²) in [6.45, 7) is 1.72. The van der Waals surface area contributed by atoms with Crippen LogP contribution < -0.4 is 0 Å². The van der Waals surface area contributed by atoms with Gasteiger partial charge in [0.2, 0.25) is 5.79 Å². The van der Waals surface area contributed by atoms with Crippen molar-refractivity contribution in [2.45, 2.75) is 25.0 Å². The van der Waals surface area contributed by atoms with Gasteiger partial charge in [0.1, 0.15) is 6.10 Å². The largest absolute Gasteiger partial charge is 0.374 e. The van der Waals surface area contributed by atoms with Crippen molar-refractivity contribution in [3.05, 3.63) is 96.9 Å². The second-order valence-electron chi connectivity index (χ2n) is 7.04. The van der Waals surface area contributed by atoms with Gasteiger partial charge in [0.25, 0.3) is 5.09 Å². The van der Waals surface area contributed by atoms with Crippen molar-refractivity contribution in [3.63, 3.8) is 0 Å². The van der Waals surface area contributed by atoms with Gasteiger partial charge in [-0.3, -0.25) is 0 Å². The summed E-state index contributed by atoms with van der Waals surface area (Å²) in [5, 5.41) is 14.7. The number of rotatable bonds is 7. The minimum Gasteiger partial charge on any atom is -0.374 e. The summed E-state index contributed by atoms with van der Waals surface area (Å²) in [6, 6.07) is 13.3. The number of ether oxygens (including phenoxy) is 3. The third-order valence-corrected chi connectivity index (χ3v) is 5.71. The van der Waals surface area contributed by atoms with Gasteiger partial charge in [0, 0.05) is 27.5 Å². The molecule has 1 aliphatic rings. The first-order chi connectivity index (χ1) is 15.8. The van der Waals surface area contributed by atoms with Crippen molar-refractivity contribution in [1.29, 1.82) is 0 Å². The molecule has 1 N–H and O–H groups in total. The fraction of sp³-hybridized carbons (Fsp3) is 0.286. The van der Waals surface area contributed by atoms with Gasteiger partial charge in [-0.15, -0.1) is 10.1 Å². The number of nitrogens with zero attached hydrogens (tertiary/aromatic N) is 3. The number of halogens is 3. The maximum absolute atomic E-state index is 8.36. The average molecular weight is 561 g/mol. The van der Waals surface area contributed by atoms with E-state index in [0.29, 0.717) is 36.4 Å². The minimum atomic E-state index is -1.50. The van der Waals surface area contributed by atoms with Crippen molar-refractivity contribution in [1.82, 2.24) is 9.55 Å². The molecule has 0 saturated carbocycles. The zero-order chi connectivity index (χ0) is 23.8. The van der Waals surface area contributed by atoms with Crippen LogP contribution in [0.4, 0.5) is 0 Å². The van der Waals surface area contributed by atoms with Gasteiger partial charge in [-0.25, -0.2) is 4.98 Å². The lowest BCUT2D eigenvalue weighted by Crippen LogP contribution is -2.34. The highest BCUT2D eigenvalue weighted by atomic mass is 79.9. The Morgan fingerprint density at radius 3 is 2.67 bits per heavy atom. The molecule has 9 nitrogen and oxygen atoms in total. The van der Waals surface area contributed by atoms with Gasteiger partial charge in [0.15, 0.2) is 0 Å². The highest BCUT2D eigenvalue weighted by molar-refractivity contribution is 9.10. The Morgan fingerprint density at radius 2 is 2.03 bits per heavy atom. The van der Waals surface area contributed by atoms with Gasteiger partial charge in [-0.1, -0.05) is 57.3 Å². The second-order valence-corrected chi connectivity index (χ2v) is 8.80. The summed E-state index contributed by atoms with van der Waals surface area (Å²) in [5.74, 6) is -1.03. The third-order valence-electron chi connectivity index (χ3n) is 4.64. The molecule has 2 atom stereocenters. The maximum atomic E-state index is 8.36. The first kappa shape index (κ1) is 25.4. The van der Waals surface area contributed by atoms with E-state index in [-0.39, 0.29) is 6.10 Å². The Labute approximate surface area is 208 Å². The molecule has 0 radical (unpaired) electrons. The highest BCUT2D eigenvalue weighted by Gasteiger charge is 2.45. The topological polar surface area (TPSA) is 109 Å². The van der Waals surface area contributed by atoms with Crippen LogP contribution in [0.15, 0.2) is 65.7 Å². The van der Waals surface area contributed by atoms with E-state index in [4.69, 9.17) is 52.7 Å². The van der Waals surface area contributed by atoms with Crippen LogP contribution in [0.2, 0.25) is 10.0 Å². The van der Waals surface area contributed by atoms with Gasteiger partial charge < -0.3 is 24.0 Å². The van der Waals surface area contributed by atoms with Crippen molar-refractivity contribution in [2.75, 3.05) is 13.2 Å². The van der Waals surface area contributed by atoms with Gasteiger partial charge in [0.05, 0.1) is 37.7 Å². The van der Waals surface area contributed by atoms with E-state index in [9.17, 15) is 0 Å². The summed E-state index contributed by atoms with van der Waals surface area (Å²) in [6.07, 6.45) is 5.07. The van der Waals surface area contributed by atoms with Crippen LogP contribution >= 0.6 is 39.1 Å². The molecule has 2 unspecified atom stereocenters. The molecular formula is C21H20BrCl2N3O6. The van der Waals surface area contributed by atoms with Crippen LogP contribution in [-0.4, -0.2) is 39.2 Å². The van der Waals surface area contributed by atoms with Crippen LogP contribution in [0.5, 0.6) is 0 Å². The molecule has 0 bridgehead atoms. The zero-order valence-electron chi connectivity index (χ0n) is 17.1. The molecule has 2 aromatic carbocycles. The summed E-state index contributed by atoms with van der Waals surface area (Å²) in [7, 11) is 0. The lowest BCUT2D eigenvalue weighted by atomic mass is 10.1. The molecule has 1 saturated heterocycles. The van der Waals surface area contributed by atoms with E-state index in [1.165, 1.54) is 0 Å². The molecule has 1 aromatic heterocycles. The lowest BCUT2D eigenvalue weighted by Gasteiger charge is -2.30.